The van der Waals surface area contributed by atoms with E-state index in [2.05, 4.69) is 11.1 Å². The summed E-state index contributed by atoms with van der Waals surface area (Å²) in [6, 6.07) is 15.5. The lowest BCUT2D eigenvalue weighted by Gasteiger charge is -2.30. The molecule has 0 fully saturated rings. The standard InChI is InChI=1S/C21H20N2O4S/c1-14(20(25)23-11-10-15-6-2-3-7-16(15)12-23)26-19(24)13-28-21-22-17-8-4-5-9-18(17)27-21/h2-9,14H,10-13H2,1H3/t14-/m1/s1. The second-order valence-corrected chi connectivity index (χ2v) is 7.57. The van der Waals surface area contributed by atoms with E-state index in [1.165, 1.54) is 5.56 Å². The highest BCUT2D eigenvalue weighted by Crippen LogP contribution is 2.23. The molecule has 28 heavy (non-hydrogen) atoms. The molecule has 1 aromatic heterocycles. The van der Waals surface area contributed by atoms with E-state index in [0.29, 0.717) is 23.9 Å². The minimum absolute atomic E-state index is 0.0350. The molecule has 1 amide bonds. The highest BCUT2D eigenvalue weighted by molar-refractivity contribution is 7.99. The van der Waals surface area contributed by atoms with Crippen LogP contribution >= 0.6 is 11.8 Å². The molecule has 1 aliphatic rings. The third kappa shape index (κ3) is 4.04. The largest absolute Gasteiger partial charge is 0.452 e. The zero-order valence-electron chi connectivity index (χ0n) is 15.5. The van der Waals surface area contributed by atoms with Crippen molar-refractivity contribution in [2.75, 3.05) is 12.3 Å². The average Bonchev–Trinajstić information content (AvgIpc) is 3.14. The number of esters is 1. The third-order valence-electron chi connectivity index (χ3n) is 4.69. The molecule has 2 aromatic carbocycles. The maximum absolute atomic E-state index is 12.6. The van der Waals surface area contributed by atoms with Gasteiger partial charge in [-0.05, 0) is 36.6 Å². The fourth-order valence-corrected chi connectivity index (χ4v) is 3.88. The molecule has 0 unspecified atom stereocenters. The molecular weight excluding hydrogens is 376 g/mol. The molecule has 7 heteroatoms. The first-order valence-corrected chi connectivity index (χ1v) is 10.1. The van der Waals surface area contributed by atoms with Crippen LogP contribution < -0.4 is 0 Å². The number of benzene rings is 2. The highest BCUT2D eigenvalue weighted by atomic mass is 32.2. The molecule has 0 aliphatic carbocycles. The summed E-state index contributed by atoms with van der Waals surface area (Å²) in [7, 11) is 0. The van der Waals surface area contributed by atoms with E-state index in [1.807, 2.05) is 42.5 Å². The second kappa shape index (κ2) is 8.06. The summed E-state index contributed by atoms with van der Waals surface area (Å²) in [6.45, 7) is 2.80. The number of hydrogen-bond donors (Lipinski definition) is 0. The van der Waals surface area contributed by atoms with Gasteiger partial charge in [0.1, 0.15) is 11.3 Å². The van der Waals surface area contributed by atoms with Gasteiger partial charge in [0.25, 0.3) is 11.1 Å². The minimum atomic E-state index is -0.818. The number of thioether (sulfide) groups is 1. The van der Waals surface area contributed by atoms with E-state index in [9.17, 15) is 9.59 Å². The summed E-state index contributed by atoms with van der Waals surface area (Å²) in [5.41, 5.74) is 3.83. The fraction of sp³-hybridized carbons (Fsp3) is 0.286. The normalized spacial score (nSPS) is 14.5. The highest BCUT2D eigenvalue weighted by Gasteiger charge is 2.27. The summed E-state index contributed by atoms with van der Waals surface area (Å²) in [6.07, 6.45) is -0.00197. The molecule has 0 bridgehead atoms. The van der Waals surface area contributed by atoms with Crippen LogP contribution in [0.2, 0.25) is 0 Å². The Hall–Kier alpha value is -2.80. The molecule has 0 N–H and O–H groups in total. The first kappa shape index (κ1) is 18.6. The smallest absolute Gasteiger partial charge is 0.317 e. The Morgan fingerprint density at radius 2 is 1.93 bits per heavy atom. The van der Waals surface area contributed by atoms with Crippen molar-refractivity contribution in [1.82, 2.24) is 9.88 Å². The van der Waals surface area contributed by atoms with Crippen LogP contribution in [0.15, 0.2) is 58.2 Å². The van der Waals surface area contributed by atoms with Gasteiger partial charge in [-0.25, -0.2) is 4.98 Å². The van der Waals surface area contributed by atoms with E-state index in [0.717, 1.165) is 29.3 Å². The third-order valence-corrected chi connectivity index (χ3v) is 5.49. The summed E-state index contributed by atoms with van der Waals surface area (Å²) in [5.74, 6) is -0.604. The van der Waals surface area contributed by atoms with Crippen LogP contribution in [0.25, 0.3) is 11.1 Å². The van der Waals surface area contributed by atoms with Crippen molar-refractivity contribution >= 4 is 34.7 Å². The van der Waals surface area contributed by atoms with Gasteiger partial charge < -0.3 is 14.1 Å². The lowest BCUT2D eigenvalue weighted by Crippen LogP contribution is -2.42. The van der Waals surface area contributed by atoms with E-state index < -0.39 is 12.1 Å². The number of carbonyl (C=O) groups excluding carboxylic acids is 2. The van der Waals surface area contributed by atoms with Gasteiger partial charge in [0.05, 0.1) is 0 Å². The molecule has 6 nitrogen and oxygen atoms in total. The van der Waals surface area contributed by atoms with Gasteiger partial charge in [-0.1, -0.05) is 48.2 Å². The first-order valence-electron chi connectivity index (χ1n) is 9.13. The Morgan fingerprint density at radius 1 is 1.18 bits per heavy atom. The molecule has 0 saturated carbocycles. The molecule has 2 heterocycles. The van der Waals surface area contributed by atoms with E-state index in [-0.39, 0.29) is 11.7 Å². The number of ether oxygens (including phenoxy) is 1. The lowest BCUT2D eigenvalue weighted by atomic mass is 9.99. The van der Waals surface area contributed by atoms with Crippen LogP contribution in [0.5, 0.6) is 0 Å². The van der Waals surface area contributed by atoms with Crippen LogP contribution in [0, 0.1) is 0 Å². The SMILES string of the molecule is C[C@@H](OC(=O)CSc1nc2ccccc2o1)C(=O)N1CCc2ccccc2C1. The number of para-hydroxylation sites is 2. The molecule has 4 rings (SSSR count). The van der Waals surface area contributed by atoms with Crippen molar-refractivity contribution < 1.29 is 18.7 Å². The molecule has 3 aromatic rings. The van der Waals surface area contributed by atoms with Crippen molar-refractivity contribution in [3.8, 4) is 0 Å². The Bertz CT molecular complexity index is 983. The molecule has 0 spiro atoms. The van der Waals surface area contributed by atoms with Crippen LogP contribution in [0.4, 0.5) is 0 Å². The van der Waals surface area contributed by atoms with Crippen molar-refractivity contribution in [1.29, 1.82) is 0 Å². The summed E-state index contributed by atoms with van der Waals surface area (Å²) in [4.78, 5) is 30.8. The second-order valence-electron chi connectivity index (χ2n) is 6.65. The quantitative estimate of drug-likeness (QED) is 0.486. The average molecular weight is 396 g/mol. The predicted octanol–water partition coefficient (Wildman–Crippen LogP) is 3.44. The molecule has 0 saturated heterocycles. The maximum atomic E-state index is 12.6. The Kier molecular flexibility index (Phi) is 5.34. The van der Waals surface area contributed by atoms with Crippen LogP contribution in [0.1, 0.15) is 18.1 Å². The zero-order valence-corrected chi connectivity index (χ0v) is 16.3. The molecule has 1 atom stereocenters. The minimum Gasteiger partial charge on any atom is -0.452 e. The summed E-state index contributed by atoms with van der Waals surface area (Å²) in [5, 5.41) is 0.407. The van der Waals surface area contributed by atoms with Gasteiger partial charge in [0.15, 0.2) is 11.7 Å². The number of amides is 1. The number of oxazole rings is 1. The molecule has 144 valence electrons. The van der Waals surface area contributed by atoms with Gasteiger partial charge in [0.2, 0.25) is 0 Å². The fourth-order valence-electron chi connectivity index (χ4n) is 3.26. The number of nitrogens with zero attached hydrogens (tertiary/aromatic N) is 2. The summed E-state index contributed by atoms with van der Waals surface area (Å²) < 4.78 is 10.9. The maximum Gasteiger partial charge on any atom is 0.317 e. The number of rotatable bonds is 5. The topological polar surface area (TPSA) is 72.6 Å². The number of fused-ring (bicyclic) bond motifs is 2. The van der Waals surface area contributed by atoms with Crippen LogP contribution in [-0.2, 0) is 27.3 Å². The monoisotopic (exact) mass is 396 g/mol. The van der Waals surface area contributed by atoms with Crippen molar-refractivity contribution in [2.24, 2.45) is 0 Å². The van der Waals surface area contributed by atoms with Gasteiger partial charge in [-0.2, -0.15) is 0 Å². The first-order chi connectivity index (χ1) is 13.6. The molecule has 1 aliphatic heterocycles. The van der Waals surface area contributed by atoms with E-state index in [1.54, 1.807) is 11.8 Å². The van der Waals surface area contributed by atoms with Crippen LogP contribution in [-0.4, -0.2) is 40.2 Å². The van der Waals surface area contributed by atoms with Crippen molar-refractivity contribution in [3.05, 3.63) is 59.7 Å². The molecular formula is C21H20N2O4S. The predicted molar refractivity (Wildman–Crippen MR) is 106 cm³/mol. The van der Waals surface area contributed by atoms with Gasteiger partial charge in [-0.3, -0.25) is 9.59 Å². The summed E-state index contributed by atoms with van der Waals surface area (Å²) >= 11 is 1.16. The Labute approximate surface area is 166 Å². The van der Waals surface area contributed by atoms with E-state index >= 15 is 0 Å². The number of carbonyl (C=O) groups is 2. The van der Waals surface area contributed by atoms with E-state index in [4.69, 9.17) is 9.15 Å². The Morgan fingerprint density at radius 3 is 2.75 bits per heavy atom. The van der Waals surface area contributed by atoms with Crippen molar-refractivity contribution in [2.45, 2.75) is 31.2 Å². The van der Waals surface area contributed by atoms with Crippen LogP contribution in [0.3, 0.4) is 0 Å². The lowest BCUT2D eigenvalue weighted by molar-refractivity contribution is -0.157. The van der Waals surface area contributed by atoms with Gasteiger partial charge >= 0.3 is 5.97 Å². The Balaban J connectivity index is 1.29. The molecule has 0 radical (unpaired) electrons. The number of hydrogen-bond acceptors (Lipinski definition) is 6. The van der Waals surface area contributed by atoms with Crippen molar-refractivity contribution in [3.63, 3.8) is 0 Å². The zero-order chi connectivity index (χ0) is 19.5. The van der Waals surface area contributed by atoms with Gasteiger partial charge in [-0.15, -0.1) is 0 Å². The van der Waals surface area contributed by atoms with Gasteiger partial charge in [0, 0.05) is 13.1 Å². The number of aromatic nitrogens is 1.